The topological polar surface area (TPSA) is 26.3 Å². The number of hydrogen-bond acceptors (Lipinski definition) is 2. The third-order valence-electron chi connectivity index (χ3n) is 3.92. The van der Waals surface area contributed by atoms with Gasteiger partial charge in [-0.15, -0.1) is 0 Å². The smallest absolute Gasteiger partial charge is 0.416 e. The number of alkyl halides is 3. The van der Waals surface area contributed by atoms with Crippen LogP contribution in [0.1, 0.15) is 21.5 Å². The van der Waals surface area contributed by atoms with E-state index in [-0.39, 0.29) is 12.2 Å². The lowest BCUT2D eigenvalue weighted by Crippen LogP contribution is -2.05. The van der Waals surface area contributed by atoms with Gasteiger partial charge < -0.3 is 4.74 Å². The predicted octanol–water partition coefficient (Wildman–Crippen LogP) is 5.76. The van der Waals surface area contributed by atoms with Crippen LogP contribution >= 0.6 is 0 Å². The summed E-state index contributed by atoms with van der Waals surface area (Å²) in [6.45, 7) is 0.258. The molecular weight excluding hydrogens is 341 g/mol. The third-order valence-corrected chi connectivity index (χ3v) is 3.92. The number of benzene rings is 3. The van der Waals surface area contributed by atoms with E-state index in [2.05, 4.69) is 0 Å². The van der Waals surface area contributed by atoms with Crippen LogP contribution in [0.2, 0.25) is 0 Å². The molecule has 0 bridgehead atoms. The zero-order chi connectivity index (χ0) is 18.6. The van der Waals surface area contributed by atoms with Crippen LogP contribution in [-0.4, -0.2) is 6.29 Å². The Kier molecular flexibility index (Phi) is 5.07. The monoisotopic (exact) mass is 356 g/mol. The van der Waals surface area contributed by atoms with Gasteiger partial charge in [-0.1, -0.05) is 54.6 Å². The Morgan fingerprint density at radius 3 is 2.31 bits per heavy atom. The fraction of sp³-hybridized carbons (Fsp3) is 0.0952. The molecule has 0 fully saturated rings. The highest BCUT2D eigenvalue weighted by Crippen LogP contribution is 2.35. The predicted molar refractivity (Wildman–Crippen MR) is 93.0 cm³/mol. The fourth-order valence-corrected chi connectivity index (χ4v) is 2.64. The fourth-order valence-electron chi connectivity index (χ4n) is 2.64. The quantitative estimate of drug-likeness (QED) is 0.543. The minimum absolute atomic E-state index is 0.225. The molecule has 0 aliphatic rings. The van der Waals surface area contributed by atoms with Gasteiger partial charge in [-0.3, -0.25) is 4.79 Å². The van der Waals surface area contributed by atoms with Crippen molar-refractivity contribution in [3.05, 3.63) is 89.5 Å². The molecule has 2 nitrogen and oxygen atoms in total. The number of hydrogen-bond donors (Lipinski definition) is 0. The number of ether oxygens (including phenoxy) is 1. The highest BCUT2D eigenvalue weighted by Gasteiger charge is 2.30. The Bertz CT molecular complexity index is 903. The van der Waals surface area contributed by atoms with Crippen molar-refractivity contribution in [2.24, 2.45) is 0 Å². The Morgan fingerprint density at radius 2 is 1.62 bits per heavy atom. The lowest BCUT2D eigenvalue weighted by Gasteiger charge is -2.14. The summed E-state index contributed by atoms with van der Waals surface area (Å²) in [7, 11) is 0. The first kappa shape index (κ1) is 17.7. The van der Waals surface area contributed by atoms with Crippen LogP contribution in [0.4, 0.5) is 13.2 Å². The number of rotatable bonds is 5. The second-order valence-electron chi connectivity index (χ2n) is 5.69. The Labute approximate surface area is 148 Å². The van der Waals surface area contributed by atoms with E-state index in [4.69, 9.17) is 4.74 Å². The van der Waals surface area contributed by atoms with Crippen LogP contribution in [0.3, 0.4) is 0 Å². The Hall–Kier alpha value is -3.08. The van der Waals surface area contributed by atoms with Crippen LogP contribution in [0.25, 0.3) is 11.1 Å². The lowest BCUT2D eigenvalue weighted by atomic mass is 9.98. The van der Waals surface area contributed by atoms with Crippen molar-refractivity contribution in [1.29, 1.82) is 0 Å². The highest BCUT2D eigenvalue weighted by molar-refractivity contribution is 5.91. The van der Waals surface area contributed by atoms with E-state index in [1.54, 1.807) is 24.3 Å². The summed E-state index contributed by atoms with van der Waals surface area (Å²) in [6, 6.07) is 19.2. The first-order chi connectivity index (χ1) is 12.5. The molecule has 26 heavy (non-hydrogen) atoms. The van der Waals surface area contributed by atoms with Gasteiger partial charge in [0.2, 0.25) is 0 Å². The Morgan fingerprint density at radius 1 is 0.885 bits per heavy atom. The second kappa shape index (κ2) is 7.44. The average Bonchev–Trinajstić information content (AvgIpc) is 2.66. The van der Waals surface area contributed by atoms with E-state index in [0.717, 1.165) is 17.7 Å². The maximum absolute atomic E-state index is 13.0. The van der Waals surface area contributed by atoms with Gasteiger partial charge in [0.15, 0.2) is 6.29 Å². The van der Waals surface area contributed by atoms with E-state index in [1.165, 1.54) is 6.07 Å². The summed E-state index contributed by atoms with van der Waals surface area (Å²) >= 11 is 0. The molecule has 0 N–H and O–H groups in total. The molecule has 0 amide bonds. The molecule has 0 atom stereocenters. The first-order valence-electron chi connectivity index (χ1n) is 7.91. The van der Waals surface area contributed by atoms with Crippen LogP contribution in [0, 0.1) is 0 Å². The van der Waals surface area contributed by atoms with Crippen LogP contribution < -0.4 is 4.74 Å². The molecule has 0 aliphatic carbocycles. The van der Waals surface area contributed by atoms with Gasteiger partial charge >= 0.3 is 6.18 Å². The van der Waals surface area contributed by atoms with Crippen molar-refractivity contribution >= 4 is 6.29 Å². The normalized spacial score (nSPS) is 11.2. The summed E-state index contributed by atoms with van der Waals surface area (Å²) in [6.07, 6.45) is -3.84. The summed E-state index contributed by atoms with van der Waals surface area (Å²) in [5.41, 5.74) is 1.10. The minimum Gasteiger partial charge on any atom is -0.488 e. The molecule has 0 aliphatic heterocycles. The molecule has 0 heterocycles. The molecule has 132 valence electrons. The van der Waals surface area contributed by atoms with Crippen LogP contribution in [0.5, 0.6) is 5.75 Å². The van der Waals surface area contributed by atoms with Gasteiger partial charge in [-0.25, -0.2) is 0 Å². The largest absolute Gasteiger partial charge is 0.488 e. The molecule has 0 aromatic heterocycles. The van der Waals surface area contributed by atoms with Gasteiger partial charge in [0.25, 0.3) is 0 Å². The third kappa shape index (κ3) is 3.94. The highest BCUT2D eigenvalue weighted by atomic mass is 19.4. The van der Waals surface area contributed by atoms with E-state index < -0.39 is 11.7 Å². The van der Waals surface area contributed by atoms with Crippen molar-refractivity contribution < 1.29 is 22.7 Å². The van der Waals surface area contributed by atoms with Crippen LogP contribution in [0.15, 0.2) is 72.8 Å². The van der Waals surface area contributed by atoms with Crippen molar-refractivity contribution in [2.75, 3.05) is 0 Å². The van der Waals surface area contributed by atoms with E-state index in [0.29, 0.717) is 23.2 Å². The minimum atomic E-state index is -4.45. The first-order valence-corrected chi connectivity index (χ1v) is 7.91. The summed E-state index contributed by atoms with van der Waals surface area (Å²) in [5, 5.41) is 0. The molecule has 0 radical (unpaired) electrons. The van der Waals surface area contributed by atoms with Crippen LogP contribution in [-0.2, 0) is 12.8 Å². The van der Waals surface area contributed by atoms with Crippen molar-refractivity contribution in [3.8, 4) is 16.9 Å². The van der Waals surface area contributed by atoms with Crippen molar-refractivity contribution in [2.45, 2.75) is 12.8 Å². The van der Waals surface area contributed by atoms with Gasteiger partial charge in [0.1, 0.15) is 12.4 Å². The van der Waals surface area contributed by atoms with Gasteiger partial charge in [0, 0.05) is 0 Å². The molecule has 3 rings (SSSR count). The summed E-state index contributed by atoms with van der Waals surface area (Å²) < 4.78 is 44.6. The number of halogens is 3. The number of carbonyl (C=O) groups is 1. The van der Waals surface area contributed by atoms with Crippen molar-refractivity contribution in [1.82, 2.24) is 0 Å². The Balaban J connectivity index is 1.95. The zero-order valence-corrected chi connectivity index (χ0v) is 13.7. The van der Waals surface area contributed by atoms with Crippen molar-refractivity contribution in [3.63, 3.8) is 0 Å². The van der Waals surface area contributed by atoms with E-state index in [1.807, 2.05) is 30.3 Å². The number of carbonyl (C=O) groups excluding carboxylic acids is 1. The second-order valence-corrected chi connectivity index (χ2v) is 5.69. The average molecular weight is 356 g/mol. The molecule has 0 spiro atoms. The maximum Gasteiger partial charge on any atom is 0.416 e. The van der Waals surface area contributed by atoms with E-state index >= 15 is 0 Å². The van der Waals surface area contributed by atoms with E-state index in [9.17, 15) is 18.0 Å². The molecule has 5 heteroatoms. The molecule has 0 saturated carbocycles. The number of aldehydes is 1. The standard InChI is InChI=1S/C21H15F3O2/c22-21(23,24)17-9-4-8-16(12-17)18-10-5-11-20(19(18)13-25)26-14-15-6-2-1-3-7-15/h1-13H,14H2. The maximum atomic E-state index is 13.0. The molecule has 0 unspecified atom stereocenters. The SMILES string of the molecule is O=Cc1c(OCc2ccccc2)cccc1-c1cccc(C(F)(F)F)c1. The van der Waals surface area contributed by atoms with Gasteiger partial charge in [-0.2, -0.15) is 13.2 Å². The van der Waals surface area contributed by atoms with Gasteiger partial charge in [0.05, 0.1) is 11.1 Å². The zero-order valence-electron chi connectivity index (χ0n) is 13.7. The molecular formula is C21H15F3O2. The van der Waals surface area contributed by atoms with Gasteiger partial charge in [-0.05, 0) is 34.9 Å². The molecule has 0 saturated heterocycles. The molecule has 3 aromatic rings. The summed E-state index contributed by atoms with van der Waals surface area (Å²) in [5.74, 6) is 0.332. The molecule has 3 aromatic carbocycles. The lowest BCUT2D eigenvalue weighted by molar-refractivity contribution is -0.137. The summed E-state index contributed by atoms with van der Waals surface area (Å²) in [4.78, 5) is 11.6.